The van der Waals surface area contributed by atoms with E-state index < -0.39 is 18.5 Å². The summed E-state index contributed by atoms with van der Waals surface area (Å²) in [5, 5.41) is 2.70. The molecule has 9 nitrogen and oxygen atoms in total. The van der Waals surface area contributed by atoms with E-state index in [2.05, 4.69) is 15.3 Å². The molecule has 150 valence electrons. The minimum Gasteiger partial charge on any atom is -0.452 e. The Bertz CT molecular complexity index is 1100. The summed E-state index contributed by atoms with van der Waals surface area (Å²) < 4.78 is 10.8. The van der Waals surface area contributed by atoms with E-state index in [1.165, 1.54) is 23.4 Å². The van der Waals surface area contributed by atoms with Crippen LogP contribution < -0.4 is 15.0 Å². The number of para-hydroxylation sites is 2. The molecule has 1 aromatic carbocycles. The second kappa shape index (κ2) is 8.39. The molecule has 1 aliphatic heterocycles. The minimum atomic E-state index is -0.773. The summed E-state index contributed by atoms with van der Waals surface area (Å²) in [5.74, 6) is -1.19. The van der Waals surface area contributed by atoms with Gasteiger partial charge in [0.05, 0.1) is 17.6 Å². The lowest BCUT2D eigenvalue weighted by Crippen LogP contribution is -2.44. The third kappa shape index (κ3) is 4.09. The first-order valence-electron chi connectivity index (χ1n) is 9.01. The highest BCUT2D eigenvalue weighted by Crippen LogP contribution is 2.29. The topological polar surface area (TPSA) is 111 Å². The maximum atomic E-state index is 12.6. The molecule has 0 spiro atoms. The number of esters is 1. The Hall–Kier alpha value is -4.27. The van der Waals surface area contributed by atoms with E-state index in [4.69, 9.17) is 9.47 Å². The Morgan fingerprint density at radius 2 is 1.90 bits per heavy atom. The summed E-state index contributed by atoms with van der Waals surface area (Å²) in [4.78, 5) is 46.3. The zero-order valence-electron chi connectivity index (χ0n) is 15.6. The van der Waals surface area contributed by atoms with Crippen molar-refractivity contribution in [1.82, 2.24) is 9.97 Å². The number of hydrogen-bond acceptors (Lipinski definition) is 7. The molecule has 30 heavy (non-hydrogen) atoms. The van der Waals surface area contributed by atoms with Crippen LogP contribution in [0.3, 0.4) is 0 Å². The molecular weight excluding hydrogens is 388 g/mol. The van der Waals surface area contributed by atoms with Crippen LogP contribution in [0.4, 0.5) is 11.4 Å². The van der Waals surface area contributed by atoms with Gasteiger partial charge in [-0.3, -0.25) is 19.5 Å². The quantitative estimate of drug-likeness (QED) is 0.650. The average Bonchev–Trinajstić information content (AvgIpc) is 2.77. The molecule has 0 saturated heterocycles. The minimum absolute atomic E-state index is 0.0330. The number of fused-ring (bicyclic) bond motifs is 1. The van der Waals surface area contributed by atoms with Crippen molar-refractivity contribution in [2.24, 2.45) is 0 Å². The summed E-state index contributed by atoms with van der Waals surface area (Å²) in [6.07, 6.45) is 4.54. The third-order valence-electron chi connectivity index (χ3n) is 4.24. The average molecular weight is 404 g/mol. The van der Waals surface area contributed by atoms with Gasteiger partial charge in [-0.2, -0.15) is 0 Å². The number of carbonyl (C=O) groups is 3. The molecule has 3 aromatic rings. The van der Waals surface area contributed by atoms with E-state index in [1.54, 1.807) is 48.7 Å². The molecule has 2 aromatic heterocycles. The molecule has 0 atom stereocenters. The van der Waals surface area contributed by atoms with Crippen LogP contribution in [0.1, 0.15) is 10.4 Å². The van der Waals surface area contributed by atoms with E-state index in [9.17, 15) is 14.4 Å². The summed E-state index contributed by atoms with van der Waals surface area (Å²) in [6.45, 7) is -0.697. The Morgan fingerprint density at radius 1 is 1.07 bits per heavy atom. The molecule has 9 heteroatoms. The number of hydrogen-bond donors (Lipinski definition) is 1. The van der Waals surface area contributed by atoms with Crippen molar-refractivity contribution in [3.63, 3.8) is 0 Å². The fourth-order valence-corrected chi connectivity index (χ4v) is 2.89. The van der Waals surface area contributed by atoms with E-state index in [0.717, 1.165) is 0 Å². The zero-order chi connectivity index (χ0) is 20.9. The number of nitrogens with zero attached hydrogens (tertiary/aromatic N) is 3. The van der Waals surface area contributed by atoms with Crippen LogP contribution in [0.25, 0.3) is 0 Å². The smallest absolute Gasteiger partial charge is 0.344 e. The van der Waals surface area contributed by atoms with Crippen molar-refractivity contribution in [1.29, 1.82) is 0 Å². The standard InChI is InChI=1S/C21H16N4O5/c26-18-12-25(17-8-2-1-7-16(17)24-18)19(27)13-29-21(28)15-6-4-10-23-20(15)30-14-5-3-9-22-11-14/h1-11H,12-13H2,(H,24,26). The molecule has 4 rings (SSSR count). The van der Waals surface area contributed by atoms with E-state index in [-0.39, 0.29) is 23.9 Å². The first-order chi connectivity index (χ1) is 14.6. The number of nitrogens with one attached hydrogen (secondary N) is 1. The SMILES string of the molecule is O=C1CN(C(=O)COC(=O)c2cccnc2Oc2cccnc2)c2ccccc2N1. The van der Waals surface area contributed by atoms with Gasteiger partial charge in [0.25, 0.3) is 5.91 Å². The first kappa shape index (κ1) is 19.1. The van der Waals surface area contributed by atoms with Gasteiger partial charge in [0.2, 0.25) is 11.8 Å². The normalized spacial score (nSPS) is 12.5. The largest absolute Gasteiger partial charge is 0.452 e. The van der Waals surface area contributed by atoms with Crippen LogP contribution in [-0.4, -0.2) is 40.9 Å². The maximum absolute atomic E-state index is 12.6. The van der Waals surface area contributed by atoms with Gasteiger partial charge in [-0.1, -0.05) is 12.1 Å². The number of benzene rings is 1. The molecule has 0 aliphatic carbocycles. The molecule has 2 amide bonds. The second-order valence-electron chi connectivity index (χ2n) is 6.27. The summed E-state index contributed by atoms with van der Waals surface area (Å²) >= 11 is 0. The summed E-state index contributed by atoms with van der Waals surface area (Å²) in [6, 6.07) is 13.3. The fourth-order valence-electron chi connectivity index (χ4n) is 2.89. The molecule has 1 aliphatic rings. The van der Waals surface area contributed by atoms with Crippen LogP contribution in [0.2, 0.25) is 0 Å². The number of ether oxygens (including phenoxy) is 2. The lowest BCUT2D eigenvalue weighted by molar-refractivity contribution is -0.124. The maximum Gasteiger partial charge on any atom is 0.344 e. The van der Waals surface area contributed by atoms with Crippen LogP contribution in [0, 0.1) is 0 Å². The highest BCUT2D eigenvalue weighted by atomic mass is 16.5. The summed E-state index contributed by atoms with van der Waals surface area (Å²) in [7, 11) is 0. The first-order valence-corrected chi connectivity index (χ1v) is 9.01. The highest BCUT2D eigenvalue weighted by Gasteiger charge is 2.27. The van der Waals surface area contributed by atoms with E-state index >= 15 is 0 Å². The Kier molecular flexibility index (Phi) is 5.33. The molecule has 0 radical (unpaired) electrons. The van der Waals surface area contributed by atoms with Crippen molar-refractivity contribution in [2.75, 3.05) is 23.4 Å². The van der Waals surface area contributed by atoms with Crippen LogP contribution in [0.5, 0.6) is 11.6 Å². The number of anilines is 2. The molecular formula is C21H16N4O5. The van der Waals surface area contributed by atoms with Gasteiger partial charge >= 0.3 is 5.97 Å². The van der Waals surface area contributed by atoms with Crippen LogP contribution >= 0.6 is 0 Å². The van der Waals surface area contributed by atoms with Crippen molar-refractivity contribution in [2.45, 2.75) is 0 Å². The fraction of sp³-hybridized carbons (Fsp3) is 0.0952. The lowest BCUT2D eigenvalue weighted by atomic mass is 10.2. The number of rotatable bonds is 5. The second-order valence-corrected chi connectivity index (χ2v) is 6.27. The molecule has 0 fully saturated rings. The van der Waals surface area contributed by atoms with Crippen LogP contribution in [-0.2, 0) is 14.3 Å². The van der Waals surface area contributed by atoms with Gasteiger partial charge < -0.3 is 14.8 Å². The van der Waals surface area contributed by atoms with Crippen molar-refractivity contribution in [3.8, 4) is 11.6 Å². The van der Waals surface area contributed by atoms with Gasteiger partial charge in [0.15, 0.2) is 6.61 Å². The monoisotopic (exact) mass is 404 g/mol. The summed E-state index contributed by atoms with van der Waals surface area (Å²) in [5.41, 5.74) is 1.12. The van der Waals surface area contributed by atoms with Crippen LogP contribution in [0.15, 0.2) is 67.1 Å². The Morgan fingerprint density at radius 3 is 2.73 bits per heavy atom. The van der Waals surface area contributed by atoms with Crippen molar-refractivity contribution in [3.05, 3.63) is 72.7 Å². The molecule has 0 unspecified atom stereocenters. The molecule has 3 heterocycles. The van der Waals surface area contributed by atoms with Crippen molar-refractivity contribution < 1.29 is 23.9 Å². The molecule has 0 saturated carbocycles. The van der Waals surface area contributed by atoms with Crippen molar-refractivity contribution >= 4 is 29.2 Å². The molecule has 0 bridgehead atoms. The van der Waals surface area contributed by atoms with Gasteiger partial charge in [0, 0.05) is 12.4 Å². The molecule has 1 N–H and O–H groups in total. The Labute approximate surface area is 171 Å². The number of carbonyl (C=O) groups excluding carboxylic acids is 3. The third-order valence-corrected chi connectivity index (χ3v) is 4.24. The number of amides is 2. The lowest BCUT2D eigenvalue weighted by Gasteiger charge is -2.28. The zero-order valence-corrected chi connectivity index (χ0v) is 15.6. The van der Waals surface area contributed by atoms with Gasteiger partial charge in [-0.05, 0) is 36.4 Å². The van der Waals surface area contributed by atoms with Gasteiger partial charge in [0.1, 0.15) is 17.9 Å². The Balaban J connectivity index is 1.46. The predicted molar refractivity (Wildman–Crippen MR) is 106 cm³/mol. The van der Waals surface area contributed by atoms with E-state index in [1.807, 2.05) is 0 Å². The highest BCUT2D eigenvalue weighted by molar-refractivity contribution is 6.10. The van der Waals surface area contributed by atoms with E-state index in [0.29, 0.717) is 17.1 Å². The van der Waals surface area contributed by atoms with Gasteiger partial charge in [-0.15, -0.1) is 0 Å². The van der Waals surface area contributed by atoms with Gasteiger partial charge in [-0.25, -0.2) is 9.78 Å². The number of aromatic nitrogens is 2. The predicted octanol–water partition coefficient (Wildman–Crippen LogP) is 2.41. The number of pyridine rings is 2.